The molecule has 8 nitrogen and oxygen atoms in total. The molecule has 0 spiro atoms. The van der Waals surface area contributed by atoms with E-state index < -0.39 is 6.17 Å². The van der Waals surface area contributed by atoms with E-state index in [-0.39, 0.29) is 18.3 Å². The molecule has 5 rings (SSSR count). The normalized spacial score (nSPS) is 16.1. The Labute approximate surface area is 190 Å². The van der Waals surface area contributed by atoms with Gasteiger partial charge in [-0.1, -0.05) is 46.7 Å². The molecule has 2 aliphatic rings. The van der Waals surface area contributed by atoms with Crippen LogP contribution < -0.4 is 24.6 Å². The summed E-state index contributed by atoms with van der Waals surface area (Å²) in [6, 6.07) is 11.0. The van der Waals surface area contributed by atoms with Gasteiger partial charge in [-0.3, -0.25) is 14.6 Å². The number of ether oxygens (including phenoxy) is 2. The van der Waals surface area contributed by atoms with Gasteiger partial charge < -0.3 is 9.47 Å². The summed E-state index contributed by atoms with van der Waals surface area (Å²) in [7, 11) is 0. The smallest absolute Gasteiger partial charge is 0.325 e. The third kappa shape index (κ3) is 3.12. The average Bonchev–Trinajstić information content (AvgIpc) is 3.23. The van der Waals surface area contributed by atoms with Gasteiger partial charge >= 0.3 is 11.3 Å². The van der Waals surface area contributed by atoms with Crippen molar-refractivity contribution in [1.82, 2.24) is 10.1 Å². The standard InChI is InChI=1S/C21H17BrN4O4S/c1-3-17(27)25-14-7-5-4-6-11(14)18-19(28)23-21(31-2)24-26(18)20(25)12-8-15-16(9-13(12)22)30-10-29-15/h4-9,20H,3,10H2,1-2H3/p+1. The van der Waals surface area contributed by atoms with E-state index in [1.807, 2.05) is 49.6 Å². The topological polar surface area (TPSA) is 88.4 Å². The van der Waals surface area contributed by atoms with Crippen molar-refractivity contribution in [3.05, 3.63) is 56.8 Å². The number of carbonyl (C=O) groups excluding carboxylic acids is 1. The summed E-state index contributed by atoms with van der Waals surface area (Å²) in [4.78, 5) is 30.9. The van der Waals surface area contributed by atoms with Crippen molar-refractivity contribution in [2.45, 2.75) is 24.7 Å². The van der Waals surface area contributed by atoms with Gasteiger partial charge in [0.2, 0.25) is 17.9 Å². The lowest BCUT2D eigenvalue weighted by atomic mass is 10.0. The summed E-state index contributed by atoms with van der Waals surface area (Å²) in [5.41, 5.74) is 2.17. The van der Waals surface area contributed by atoms with Crippen LogP contribution in [0.25, 0.3) is 11.3 Å². The average molecular weight is 502 g/mol. The van der Waals surface area contributed by atoms with Crippen LogP contribution in [-0.2, 0) is 4.79 Å². The van der Waals surface area contributed by atoms with Crippen molar-refractivity contribution in [2.24, 2.45) is 0 Å². The molecular weight excluding hydrogens is 484 g/mol. The summed E-state index contributed by atoms with van der Waals surface area (Å²) in [6.07, 6.45) is 1.44. The molecule has 0 aliphatic carbocycles. The van der Waals surface area contributed by atoms with Gasteiger partial charge in [0.15, 0.2) is 11.5 Å². The molecule has 2 aliphatic heterocycles. The fraction of sp³-hybridized carbons (Fsp3) is 0.238. The van der Waals surface area contributed by atoms with Gasteiger partial charge in [0, 0.05) is 16.0 Å². The quantitative estimate of drug-likeness (QED) is 0.437. The first-order valence-corrected chi connectivity index (χ1v) is 11.7. The molecular formula is C21H18BrN4O4S+. The van der Waals surface area contributed by atoms with Crippen LogP contribution in [0.5, 0.6) is 11.5 Å². The molecule has 10 heteroatoms. The molecule has 0 saturated heterocycles. The van der Waals surface area contributed by atoms with Gasteiger partial charge in [0.05, 0.1) is 16.8 Å². The largest absolute Gasteiger partial charge is 0.454 e. The first kappa shape index (κ1) is 20.1. The number of hydrogen-bond acceptors (Lipinski definition) is 6. The van der Waals surface area contributed by atoms with E-state index in [4.69, 9.17) is 9.47 Å². The predicted molar refractivity (Wildman–Crippen MR) is 118 cm³/mol. The zero-order valence-electron chi connectivity index (χ0n) is 16.7. The second kappa shape index (κ2) is 7.69. The summed E-state index contributed by atoms with van der Waals surface area (Å²) in [5.74, 6) is 1.11. The minimum Gasteiger partial charge on any atom is -0.454 e. The molecule has 0 radical (unpaired) electrons. The second-order valence-corrected chi connectivity index (χ2v) is 8.64. The van der Waals surface area contributed by atoms with Crippen molar-refractivity contribution < 1.29 is 19.0 Å². The van der Waals surface area contributed by atoms with Gasteiger partial charge in [-0.25, -0.2) is 4.90 Å². The minimum absolute atomic E-state index is 0.0899. The molecule has 0 fully saturated rings. The Balaban J connectivity index is 1.86. The third-order valence-electron chi connectivity index (χ3n) is 5.29. The van der Waals surface area contributed by atoms with E-state index >= 15 is 0 Å². The van der Waals surface area contributed by atoms with Crippen molar-refractivity contribution >= 4 is 39.3 Å². The molecule has 1 atom stereocenters. The van der Waals surface area contributed by atoms with Gasteiger partial charge in [0.25, 0.3) is 6.17 Å². The van der Waals surface area contributed by atoms with Crippen LogP contribution in [0, 0.1) is 0 Å². The number of amides is 1. The summed E-state index contributed by atoms with van der Waals surface area (Å²) in [6.45, 7) is 1.95. The molecule has 0 bridgehead atoms. The zero-order valence-corrected chi connectivity index (χ0v) is 19.1. The number of aromatic nitrogens is 3. The number of anilines is 1. The number of benzene rings is 2. The highest BCUT2D eigenvalue weighted by molar-refractivity contribution is 9.10. The number of thioether (sulfide) groups is 1. The van der Waals surface area contributed by atoms with Crippen molar-refractivity contribution in [3.8, 4) is 22.8 Å². The van der Waals surface area contributed by atoms with E-state index in [9.17, 15) is 9.59 Å². The maximum atomic E-state index is 13.2. The maximum Gasteiger partial charge on any atom is 0.325 e. The lowest BCUT2D eigenvalue weighted by Crippen LogP contribution is -2.61. The number of fused-ring (bicyclic) bond motifs is 4. The van der Waals surface area contributed by atoms with Gasteiger partial charge in [-0.2, -0.15) is 0 Å². The van der Waals surface area contributed by atoms with Gasteiger partial charge in [-0.05, 0) is 35.2 Å². The number of carbonyl (C=O) groups is 1. The van der Waals surface area contributed by atoms with Gasteiger partial charge in [-0.15, -0.1) is 0 Å². The van der Waals surface area contributed by atoms with Crippen LogP contribution in [0.1, 0.15) is 25.1 Å². The van der Waals surface area contributed by atoms with E-state index in [0.29, 0.717) is 40.0 Å². The Bertz CT molecular complexity index is 1280. The Morgan fingerprint density at radius 2 is 2.06 bits per heavy atom. The number of rotatable bonds is 3. The number of nitrogens with zero attached hydrogens (tertiary/aromatic N) is 3. The number of hydrogen-bond donors (Lipinski definition) is 1. The second-order valence-electron chi connectivity index (χ2n) is 6.99. The Kier molecular flexibility index (Phi) is 4.98. The molecule has 3 heterocycles. The first-order chi connectivity index (χ1) is 15.0. The molecule has 158 valence electrons. The monoisotopic (exact) mass is 501 g/mol. The van der Waals surface area contributed by atoms with Crippen molar-refractivity contribution in [2.75, 3.05) is 17.9 Å². The van der Waals surface area contributed by atoms with E-state index in [2.05, 4.69) is 26.0 Å². The van der Waals surface area contributed by atoms with Gasteiger partial charge in [0.1, 0.15) is 0 Å². The van der Waals surface area contributed by atoms with Crippen LogP contribution in [-0.4, -0.2) is 29.0 Å². The van der Waals surface area contributed by atoms with Crippen LogP contribution in [0.2, 0.25) is 0 Å². The van der Waals surface area contributed by atoms with Crippen LogP contribution >= 0.6 is 27.7 Å². The maximum absolute atomic E-state index is 13.2. The summed E-state index contributed by atoms with van der Waals surface area (Å²) in [5, 5.41) is 5.15. The number of nitrogens with one attached hydrogen (secondary N) is 1. The first-order valence-electron chi connectivity index (χ1n) is 9.64. The molecule has 1 amide bonds. The molecule has 1 N–H and O–H groups in total. The fourth-order valence-electron chi connectivity index (χ4n) is 3.92. The molecule has 0 saturated carbocycles. The predicted octanol–water partition coefficient (Wildman–Crippen LogP) is 3.24. The van der Waals surface area contributed by atoms with E-state index in [1.54, 1.807) is 9.58 Å². The number of para-hydroxylation sites is 1. The lowest BCUT2D eigenvalue weighted by Gasteiger charge is -2.32. The third-order valence-corrected chi connectivity index (χ3v) is 6.55. The van der Waals surface area contributed by atoms with Crippen LogP contribution in [0.15, 0.2) is 50.8 Å². The zero-order chi connectivity index (χ0) is 21.7. The molecule has 1 aromatic heterocycles. The SMILES string of the molecule is CCC(=O)N1c2ccccc2-c2c(=O)[nH]c(SC)n[n+]2C1c1cc2c(cc1Br)OCO2. The number of halogens is 1. The summed E-state index contributed by atoms with van der Waals surface area (Å²) >= 11 is 4.95. The van der Waals surface area contributed by atoms with Crippen molar-refractivity contribution in [1.29, 1.82) is 0 Å². The number of H-pyrrole nitrogens is 1. The minimum atomic E-state index is -0.686. The highest BCUT2D eigenvalue weighted by atomic mass is 79.9. The van der Waals surface area contributed by atoms with Crippen molar-refractivity contribution in [3.63, 3.8) is 0 Å². The van der Waals surface area contributed by atoms with Crippen LogP contribution in [0.4, 0.5) is 5.69 Å². The Morgan fingerprint density at radius 3 is 2.81 bits per heavy atom. The molecule has 2 aromatic carbocycles. The molecule has 31 heavy (non-hydrogen) atoms. The van der Waals surface area contributed by atoms with Crippen LogP contribution in [0.3, 0.4) is 0 Å². The van der Waals surface area contributed by atoms with E-state index in [1.165, 1.54) is 11.8 Å². The summed E-state index contributed by atoms with van der Waals surface area (Å²) < 4.78 is 13.4. The fourth-order valence-corrected chi connectivity index (χ4v) is 4.81. The Hall–Kier alpha value is -2.85. The highest BCUT2D eigenvalue weighted by Gasteiger charge is 2.46. The number of aromatic amines is 1. The highest BCUT2D eigenvalue weighted by Crippen LogP contribution is 2.43. The Morgan fingerprint density at radius 1 is 1.32 bits per heavy atom. The van der Waals surface area contributed by atoms with E-state index in [0.717, 1.165) is 10.0 Å². The molecule has 1 unspecified atom stereocenters. The molecule has 3 aromatic rings. The lowest BCUT2D eigenvalue weighted by molar-refractivity contribution is -0.763.